The van der Waals surface area contributed by atoms with Gasteiger partial charge in [0.15, 0.2) is 5.78 Å². The number of benzene rings is 1. The van der Waals surface area contributed by atoms with Gasteiger partial charge in [-0.3, -0.25) is 4.79 Å². The second-order valence-electron chi connectivity index (χ2n) is 2.87. The van der Waals surface area contributed by atoms with Crippen molar-refractivity contribution in [3.8, 4) is 0 Å². The molecule has 88 valence electrons. The minimum absolute atomic E-state index is 0.0522. The van der Waals surface area contributed by atoms with Crippen molar-refractivity contribution in [1.82, 2.24) is 0 Å². The van der Waals surface area contributed by atoms with Crippen LogP contribution in [0.5, 0.6) is 0 Å². The van der Waals surface area contributed by atoms with Gasteiger partial charge in [0.1, 0.15) is 5.82 Å². The van der Waals surface area contributed by atoms with Crippen LogP contribution in [-0.2, 0) is 6.18 Å². The van der Waals surface area contributed by atoms with Gasteiger partial charge in [-0.15, -0.1) is 11.6 Å². The summed E-state index contributed by atoms with van der Waals surface area (Å²) in [5, 5.41) is 0. The topological polar surface area (TPSA) is 17.1 Å². The van der Waals surface area contributed by atoms with E-state index in [1.54, 1.807) is 0 Å². The van der Waals surface area contributed by atoms with Gasteiger partial charge < -0.3 is 0 Å². The maximum absolute atomic E-state index is 13.0. The first-order valence-electron chi connectivity index (χ1n) is 3.92. The number of Topliss-reactive ketones (excluding diaryl/α,β-unsaturated/α-hetero) is 1. The molecule has 0 fully saturated rings. The highest BCUT2D eigenvalue weighted by atomic mass is 79.9. The molecule has 16 heavy (non-hydrogen) atoms. The van der Waals surface area contributed by atoms with Crippen molar-refractivity contribution in [3.63, 3.8) is 0 Å². The Morgan fingerprint density at radius 3 is 2.38 bits per heavy atom. The van der Waals surface area contributed by atoms with Gasteiger partial charge in [-0.1, -0.05) is 0 Å². The van der Waals surface area contributed by atoms with Crippen LogP contribution in [0.4, 0.5) is 17.6 Å². The fourth-order valence-corrected chi connectivity index (χ4v) is 1.73. The van der Waals surface area contributed by atoms with Gasteiger partial charge in [-0.05, 0) is 28.1 Å². The number of carbonyl (C=O) groups is 1. The lowest BCUT2D eigenvalue weighted by molar-refractivity contribution is -0.140. The monoisotopic (exact) mass is 318 g/mol. The molecule has 0 radical (unpaired) electrons. The Kier molecular flexibility index (Phi) is 3.96. The maximum Gasteiger partial charge on any atom is 0.419 e. The highest BCUT2D eigenvalue weighted by Gasteiger charge is 2.35. The SMILES string of the molecule is O=C(CCl)c1cc(C(F)(F)F)c(F)cc1Br. The molecular weight excluding hydrogens is 315 g/mol. The number of alkyl halides is 4. The number of hydrogen-bond acceptors (Lipinski definition) is 1. The number of rotatable bonds is 2. The zero-order chi connectivity index (χ0) is 12.5. The molecule has 7 heteroatoms. The second-order valence-corrected chi connectivity index (χ2v) is 3.99. The zero-order valence-corrected chi connectivity index (χ0v) is 9.88. The fourth-order valence-electron chi connectivity index (χ4n) is 1.05. The quantitative estimate of drug-likeness (QED) is 0.457. The molecule has 0 spiro atoms. The predicted octanol–water partition coefficient (Wildman–Crippen LogP) is 4.03. The van der Waals surface area contributed by atoms with Crippen LogP contribution >= 0.6 is 27.5 Å². The molecule has 0 aliphatic heterocycles. The lowest BCUT2D eigenvalue weighted by atomic mass is 10.1. The summed E-state index contributed by atoms with van der Waals surface area (Å²) >= 11 is 8.02. The van der Waals surface area contributed by atoms with E-state index in [2.05, 4.69) is 15.9 Å². The van der Waals surface area contributed by atoms with Crippen LogP contribution in [0.15, 0.2) is 16.6 Å². The highest BCUT2D eigenvalue weighted by molar-refractivity contribution is 9.10. The van der Waals surface area contributed by atoms with Crippen molar-refractivity contribution < 1.29 is 22.4 Å². The summed E-state index contributed by atoms with van der Waals surface area (Å²) in [7, 11) is 0. The molecule has 1 rings (SSSR count). The molecular formula is C9H4BrClF4O. The van der Waals surface area contributed by atoms with Crippen LogP contribution in [0.25, 0.3) is 0 Å². The van der Waals surface area contributed by atoms with E-state index in [-0.39, 0.29) is 10.0 Å². The molecule has 1 nitrogen and oxygen atoms in total. The smallest absolute Gasteiger partial charge is 0.293 e. The molecule has 1 aromatic carbocycles. The van der Waals surface area contributed by atoms with Gasteiger partial charge >= 0.3 is 6.18 Å². The molecule has 0 aliphatic rings. The standard InChI is InChI=1S/C9H4BrClF4O/c10-6-2-7(12)5(9(13,14)15)1-4(6)8(16)3-11/h1-2H,3H2. The molecule has 0 heterocycles. The minimum Gasteiger partial charge on any atom is -0.293 e. The van der Waals surface area contributed by atoms with Crippen molar-refractivity contribution in [2.24, 2.45) is 0 Å². The Hall–Kier alpha value is -0.620. The summed E-state index contributed by atoms with van der Waals surface area (Å²) in [6.07, 6.45) is -4.84. The molecule has 0 aliphatic carbocycles. The average Bonchev–Trinajstić information content (AvgIpc) is 2.14. The van der Waals surface area contributed by atoms with Gasteiger partial charge in [-0.2, -0.15) is 13.2 Å². The normalized spacial score (nSPS) is 11.6. The molecule has 0 bridgehead atoms. The average molecular weight is 319 g/mol. The van der Waals surface area contributed by atoms with Gasteiger partial charge in [0.05, 0.1) is 11.4 Å². The Balaban J connectivity index is 3.39. The first-order chi connectivity index (χ1) is 7.27. The number of carbonyl (C=O) groups excluding carboxylic acids is 1. The van der Waals surface area contributed by atoms with E-state index in [0.717, 1.165) is 0 Å². The number of halogens is 6. The second kappa shape index (κ2) is 4.71. The van der Waals surface area contributed by atoms with Crippen molar-refractivity contribution >= 4 is 33.3 Å². The van der Waals surface area contributed by atoms with E-state index in [1.165, 1.54) is 0 Å². The van der Waals surface area contributed by atoms with Gasteiger partial charge in [0.25, 0.3) is 0 Å². The van der Waals surface area contributed by atoms with E-state index < -0.39 is 29.2 Å². The van der Waals surface area contributed by atoms with Crippen molar-refractivity contribution in [1.29, 1.82) is 0 Å². The van der Waals surface area contributed by atoms with Crippen LogP contribution in [0.2, 0.25) is 0 Å². The molecule has 0 N–H and O–H groups in total. The van der Waals surface area contributed by atoms with E-state index >= 15 is 0 Å². The molecule has 0 saturated carbocycles. The summed E-state index contributed by atoms with van der Waals surface area (Å²) in [5.41, 5.74) is -1.77. The molecule has 0 amide bonds. The minimum atomic E-state index is -4.84. The first kappa shape index (κ1) is 13.4. The summed E-state index contributed by atoms with van der Waals surface area (Å²) in [5.74, 6) is -2.62. The fraction of sp³-hybridized carbons (Fsp3) is 0.222. The van der Waals surface area contributed by atoms with Crippen LogP contribution in [0.3, 0.4) is 0 Å². The molecule has 0 saturated heterocycles. The molecule has 1 aromatic rings. The Bertz CT molecular complexity index is 430. The third-order valence-electron chi connectivity index (χ3n) is 1.78. The van der Waals surface area contributed by atoms with E-state index in [1.807, 2.05) is 0 Å². The predicted molar refractivity (Wildman–Crippen MR) is 54.2 cm³/mol. The van der Waals surface area contributed by atoms with E-state index in [9.17, 15) is 22.4 Å². The van der Waals surface area contributed by atoms with Crippen LogP contribution in [-0.4, -0.2) is 11.7 Å². The lowest BCUT2D eigenvalue weighted by Gasteiger charge is -2.10. The Morgan fingerprint density at radius 1 is 1.38 bits per heavy atom. The number of hydrogen-bond donors (Lipinski definition) is 0. The van der Waals surface area contributed by atoms with E-state index in [0.29, 0.717) is 12.1 Å². The number of ketones is 1. The van der Waals surface area contributed by atoms with Crippen LogP contribution < -0.4 is 0 Å². The van der Waals surface area contributed by atoms with E-state index in [4.69, 9.17) is 11.6 Å². The largest absolute Gasteiger partial charge is 0.419 e. The summed E-state index contributed by atoms with van der Waals surface area (Å²) < 4.78 is 49.9. The van der Waals surface area contributed by atoms with Crippen molar-refractivity contribution in [3.05, 3.63) is 33.5 Å². The third-order valence-corrected chi connectivity index (χ3v) is 2.68. The molecule has 0 aromatic heterocycles. The Morgan fingerprint density at radius 2 is 1.94 bits per heavy atom. The van der Waals surface area contributed by atoms with Crippen LogP contribution in [0.1, 0.15) is 15.9 Å². The summed E-state index contributed by atoms with van der Waals surface area (Å²) in [6, 6.07) is 1.05. The lowest BCUT2D eigenvalue weighted by Crippen LogP contribution is -2.11. The molecule has 0 atom stereocenters. The van der Waals surface area contributed by atoms with Gasteiger partial charge in [0, 0.05) is 10.0 Å². The summed E-state index contributed by atoms with van der Waals surface area (Å²) in [4.78, 5) is 11.2. The third kappa shape index (κ3) is 2.74. The Labute approximate surface area is 102 Å². The van der Waals surface area contributed by atoms with Gasteiger partial charge in [-0.25, -0.2) is 4.39 Å². The zero-order valence-electron chi connectivity index (χ0n) is 7.54. The van der Waals surface area contributed by atoms with Gasteiger partial charge in [0.2, 0.25) is 0 Å². The summed E-state index contributed by atoms with van der Waals surface area (Å²) in [6.45, 7) is 0. The first-order valence-corrected chi connectivity index (χ1v) is 5.25. The van der Waals surface area contributed by atoms with Crippen LogP contribution in [0, 0.1) is 5.82 Å². The van der Waals surface area contributed by atoms with Crippen molar-refractivity contribution in [2.45, 2.75) is 6.18 Å². The molecule has 0 unspecified atom stereocenters. The maximum atomic E-state index is 13.0. The highest BCUT2D eigenvalue weighted by Crippen LogP contribution is 2.34. The van der Waals surface area contributed by atoms with Crippen molar-refractivity contribution in [2.75, 3.05) is 5.88 Å².